The van der Waals surface area contributed by atoms with Gasteiger partial charge in [-0.1, -0.05) is 38.8 Å². The Morgan fingerprint density at radius 2 is 2.11 bits per heavy atom. The summed E-state index contributed by atoms with van der Waals surface area (Å²) in [5.41, 5.74) is 0.840. The predicted molar refractivity (Wildman–Crippen MR) is 74.3 cm³/mol. The van der Waals surface area contributed by atoms with Gasteiger partial charge in [0.15, 0.2) is 0 Å². The summed E-state index contributed by atoms with van der Waals surface area (Å²) in [4.78, 5) is 22.8. The SMILES string of the molecule is C#CCOc1cc(C=O)ccc1CC(=O)C(C)(C)C. The number of Topliss-reactive ketones (excluding diaryl/α,β-unsaturated/α-hetero) is 1. The largest absolute Gasteiger partial charge is 0.481 e. The Morgan fingerprint density at radius 3 is 2.63 bits per heavy atom. The molecule has 0 fully saturated rings. The van der Waals surface area contributed by atoms with Crippen molar-refractivity contribution >= 4 is 12.1 Å². The first-order valence-electron chi connectivity index (χ1n) is 6.06. The first-order valence-corrected chi connectivity index (χ1v) is 6.06. The molecule has 0 aromatic heterocycles. The van der Waals surface area contributed by atoms with Crippen molar-refractivity contribution in [2.24, 2.45) is 5.41 Å². The van der Waals surface area contributed by atoms with Gasteiger partial charge in [-0.05, 0) is 6.07 Å². The summed E-state index contributed by atoms with van der Waals surface area (Å²) < 4.78 is 5.40. The number of ether oxygens (including phenoxy) is 1. The van der Waals surface area contributed by atoms with Gasteiger partial charge in [0.1, 0.15) is 24.4 Å². The number of hydrogen-bond acceptors (Lipinski definition) is 3. The van der Waals surface area contributed by atoms with Crippen LogP contribution in [0.5, 0.6) is 5.75 Å². The lowest BCUT2D eigenvalue weighted by atomic mass is 9.87. The number of benzene rings is 1. The van der Waals surface area contributed by atoms with E-state index in [1.54, 1.807) is 18.2 Å². The highest BCUT2D eigenvalue weighted by molar-refractivity contribution is 5.86. The van der Waals surface area contributed by atoms with E-state index >= 15 is 0 Å². The van der Waals surface area contributed by atoms with E-state index in [-0.39, 0.29) is 18.8 Å². The summed E-state index contributed by atoms with van der Waals surface area (Å²) in [5.74, 6) is 2.98. The molecule has 0 bridgehead atoms. The Morgan fingerprint density at radius 1 is 1.42 bits per heavy atom. The molecule has 100 valence electrons. The Kier molecular flexibility index (Phi) is 4.88. The normalized spacial score (nSPS) is 10.6. The molecule has 0 N–H and O–H groups in total. The van der Waals surface area contributed by atoms with E-state index in [0.717, 1.165) is 11.8 Å². The molecule has 0 radical (unpaired) electrons. The molecule has 3 heteroatoms. The van der Waals surface area contributed by atoms with Gasteiger partial charge < -0.3 is 4.74 Å². The van der Waals surface area contributed by atoms with Crippen LogP contribution < -0.4 is 4.74 Å². The fourth-order valence-electron chi connectivity index (χ4n) is 1.48. The van der Waals surface area contributed by atoms with Crippen LogP contribution in [0.4, 0.5) is 0 Å². The number of carbonyl (C=O) groups excluding carboxylic acids is 2. The van der Waals surface area contributed by atoms with Gasteiger partial charge in [-0.15, -0.1) is 6.42 Å². The maximum atomic E-state index is 12.0. The van der Waals surface area contributed by atoms with Crippen LogP contribution in [0.3, 0.4) is 0 Å². The summed E-state index contributed by atoms with van der Waals surface area (Å²) in [6.45, 7) is 5.73. The molecule has 1 aromatic carbocycles. The van der Waals surface area contributed by atoms with Crippen LogP contribution in [0.15, 0.2) is 18.2 Å². The Balaban J connectivity index is 3.02. The highest BCUT2D eigenvalue weighted by atomic mass is 16.5. The highest BCUT2D eigenvalue weighted by Gasteiger charge is 2.22. The summed E-state index contributed by atoms with van der Waals surface area (Å²) in [7, 11) is 0. The van der Waals surface area contributed by atoms with Crippen LogP contribution in [0.1, 0.15) is 36.7 Å². The predicted octanol–water partition coefficient (Wildman–Crippen LogP) is 2.67. The number of terminal acetylenes is 1. The van der Waals surface area contributed by atoms with Crippen molar-refractivity contribution in [3.05, 3.63) is 29.3 Å². The maximum absolute atomic E-state index is 12.0. The summed E-state index contributed by atoms with van der Waals surface area (Å²) in [5, 5.41) is 0. The molecular weight excluding hydrogens is 240 g/mol. The molecule has 0 amide bonds. The first kappa shape index (κ1) is 15.0. The topological polar surface area (TPSA) is 43.4 Å². The number of carbonyl (C=O) groups is 2. The van der Waals surface area contributed by atoms with E-state index in [0.29, 0.717) is 11.3 Å². The van der Waals surface area contributed by atoms with Gasteiger partial charge in [0.25, 0.3) is 0 Å². The first-order chi connectivity index (χ1) is 8.88. The molecule has 0 aliphatic carbocycles. The number of hydrogen-bond donors (Lipinski definition) is 0. The zero-order valence-corrected chi connectivity index (χ0v) is 11.5. The average Bonchev–Trinajstić information content (AvgIpc) is 2.36. The van der Waals surface area contributed by atoms with E-state index in [4.69, 9.17) is 11.2 Å². The Labute approximate surface area is 114 Å². The Hall–Kier alpha value is -2.08. The minimum atomic E-state index is -0.410. The van der Waals surface area contributed by atoms with Crippen molar-refractivity contribution in [2.45, 2.75) is 27.2 Å². The van der Waals surface area contributed by atoms with E-state index < -0.39 is 5.41 Å². The smallest absolute Gasteiger partial charge is 0.150 e. The third-order valence-electron chi connectivity index (χ3n) is 2.73. The minimum Gasteiger partial charge on any atom is -0.481 e. The molecule has 0 aliphatic rings. The number of ketones is 1. The summed E-state index contributed by atoms with van der Waals surface area (Å²) >= 11 is 0. The standard InChI is InChI=1S/C16H18O3/c1-5-8-19-14-9-12(11-17)6-7-13(14)10-15(18)16(2,3)4/h1,6-7,9,11H,8,10H2,2-4H3. The van der Waals surface area contributed by atoms with Gasteiger partial charge in [0, 0.05) is 23.0 Å². The van der Waals surface area contributed by atoms with Crippen LogP contribution in [-0.4, -0.2) is 18.7 Å². The zero-order chi connectivity index (χ0) is 14.5. The van der Waals surface area contributed by atoms with Crippen LogP contribution in [0.25, 0.3) is 0 Å². The molecule has 0 unspecified atom stereocenters. The Bertz CT molecular complexity index is 516. The van der Waals surface area contributed by atoms with Crippen molar-refractivity contribution in [2.75, 3.05) is 6.61 Å². The monoisotopic (exact) mass is 258 g/mol. The molecule has 19 heavy (non-hydrogen) atoms. The van der Waals surface area contributed by atoms with Gasteiger partial charge in [0.05, 0.1) is 0 Å². The lowest BCUT2D eigenvalue weighted by Crippen LogP contribution is -2.22. The number of rotatable bonds is 5. The van der Waals surface area contributed by atoms with Crippen LogP contribution in [0.2, 0.25) is 0 Å². The second-order valence-electron chi connectivity index (χ2n) is 5.33. The van der Waals surface area contributed by atoms with Crippen molar-refractivity contribution in [1.29, 1.82) is 0 Å². The van der Waals surface area contributed by atoms with E-state index in [1.807, 2.05) is 20.8 Å². The molecule has 1 aromatic rings. The molecule has 0 heterocycles. The minimum absolute atomic E-state index is 0.108. The van der Waals surface area contributed by atoms with Crippen LogP contribution in [-0.2, 0) is 11.2 Å². The molecule has 0 aliphatic heterocycles. The van der Waals surface area contributed by atoms with E-state index in [2.05, 4.69) is 5.92 Å². The van der Waals surface area contributed by atoms with Crippen LogP contribution >= 0.6 is 0 Å². The quantitative estimate of drug-likeness (QED) is 0.602. The third kappa shape index (κ3) is 4.26. The fraction of sp³-hybridized carbons (Fsp3) is 0.375. The van der Waals surface area contributed by atoms with Crippen molar-refractivity contribution in [1.82, 2.24) is 0 Å². The molecule has 0 saturated heterocycles. The summed E-state index contributed by atoms with van der Waals surface area (Å²) in [6.07, 6.45) is 6.16. The zero-order valence-electron chi connectivity index (χ0n) is 11.5. The van der Waals surface area contributed by atoms with Gasteiger partial charge in [-0.3, -0.25) is 9.59 Å². The van der Waals surface area contributed by atoms with Gasteiger partial charge in [-0.25, -0.2) is 0 Å². The van der Waals surface area contributed by atoms with E-state index in [9.17, 15) is 9.59 Å². The molecule has 3 nitrogen and oxygen atoms in total. The maximum Gasteiger partial charge on any atom is 0.150 e. The molecule has 0 saturated carbocycles. The molecule has 1 rings (SSSR count). The van der Waals surface area contributed by atoms with E-state index in [1.165, 1.54) is 0 Å². The third-order valence-corrected chi connectivity index (χ3v) is 2.73. The lowest BCUT2D eigenvalue weighted by molar-refractivity contribution is -0.125. The second-order valence-corrected chi connectivity index (χ2v) is 5.33. The van der Waals surface area contributed by atoms with Gasteiger partial charge in [0.2, 0.25) is 0 Å². The van der Waals surface area contributed by atoms with Gasteiger partial charge in [-0.2, -0.15) is 0 Å². The van der Waals surface area contributed by atoms with Crippen LogP contribution in [0, 0.1) is 17.8 Å². The molecular formula is C16H18O3. The average molecular weight is 258 g/mol. The molecule has 0 atom stereocenters. The van der Waals surface area contributed by atoms with Crippen molar-refractivity contribution in [3.63, 3.8) is 0 Å². The highest BCUT2D eigenvalue weighted by Crippen LogP contribution is 2.24. The van der Waals surface area contributed by atoms with Crippen molar-refractivity contribution < 1.29 is 14.3 Å². The number of aldehydes is 1. The second kappa shape index (κ2) is 6.19. The lowest BCUT2D eigenvalue weighted by Gasteiger charge is -2.18. The molecule has 0 spiro atoms. The van der Waals surface area contributed by atoms with Gasteiger partial charge >= 0.3 is 0 Å². The van der Waals surface area contributed by atoms with Crippen molar-refractivity contribution in [3.8, 4) is 18.1 Å². The summed E-state index contributed by atoms with van der Waals surface area (Å²) in [6, 6.07) is 5.01. The fourth-order valence-corrected chi connectivity index (χ4v) is 1.48.